The summed E-state index contributed by atoms with van der Waals surface area (Å²) in [6, 6.07) is 9.75. The Morgan fingerprint density at radius 3 is 2.73 bits per heavy atom. The largest absolute Gasteiger partial charge is 0.485 e. The second-order valence-corrected chi connectivity index (χ2v) is 5.40. The molecule has 0 unspecified atom stereocenters. The van der Waals surface area contributed by atoms with Gasteiger partial charge in [-0.1, -0.05) is 11.2 Å². The van der Waals surface area contributed by atoms with Crippen molar-refractivity contribution in [2.24, 2.45) is 0 Å². The molecule has 0 spiro atoms. The van der Waals surface area contributed by atoms with E-state index in [0.29, 0.717) is 17.2 Å². The summed E-state index contributed by atoms with van der Waals surface area (Å²) >= 11 is 0. The van der Waals surface area contributed by atoms with Crippen LogP contribution < -0.4 is 14.2 Å². The molecule has 0 saturated heterocycles. The number of benzene rings is 2. The van der Waals surface area contributed by atoms with E-state index < -0.39 is 11.7 Å². The number of nitrogens with zero attached hydrogens (tertiary/aromatic N) is 2. The van der Waals surface area contributed by atoms with Crippen LogP contribution in [0, 0.1) is 0 Å². The predicted molar refractivity (Wildman–Crippen MR) is 81.6 cm³/mol. The normalized spacial score (nSPS) is 13.0. The summed E-state index contributed by atoms with van der Waals surface area (Å²) in [5.74, 6) is 1.90. The van der Waals surface area contributed by atoms with Gasteiger partial charge >= 0.3 is 6.18 Å². The summed E-state index contributed by atoms with van der Waals surface area (Å²) in [7, 11) is 0. The van der Waals surface area contributed by atoms with Crippen LogP contribution in [-0.4, -0.2) is 16.9 Å². The third-order valence-electron chi connectivity index (χ3n) is 3.62. The highest BCUT2D eigenvalue weighted by Gasteiger charge is 2.30. The van der Waals surface area contributed by atoms with Crippen molar-refractivity contribution in [3.63, 3.8) is 0 Å². The maximum absolute atomic E-state index is 12.8. The van der Waals surface area contributed by atoms with E-state index in [0.717, 1.165) is 12.1 Å². The van der Waals surface area contributed by atoms with E-state index in [1.807, 2.05) is 0 Å². The fraction of sp³-hybridized carbons (Fsp3) is 0.176. The van der Waals surface area contributed by atoms with Gasteiger partial charge in [0, 0.05) is 11.6 Å². The minimum atomic E-state index is -4.44. The molecule has 6 nitrogen and oxygen atoms in total. The average Bonchev–Trinajstić information content (AvgIpc) is 3.28. The van der Waals surface area contributed by atoms with E-state index in [4.69, 9.17) is 18.7 Å². The molecule has 26 heavy (non-hydrogen) atoms. The van der Waals surface area contributed by atoms with Crippen molar-refractivity contribution >= 4 is 0 Å². The fourth-order valence-electron chi connectivity index (χ4n) is 2.37. The molecule has 0 fully saturated rings. The molecule has 0 amide bonds. The molecule has 0 aliphatic carbocycles. The Bertz CT molecular complexity index is 940. The number of hydrogen-bond donors (Lipinski definition) is 0. The molecule has 134 valence electrons. The molecule has 0 saturated carbocycles. The molecule has 1 aliphatic rings. The van der Waals surface area contributed by atoms with Crippen molar-refractivity contribution in [2.75, 3.05) is 6.79 Å². The number of ether oxygens (including phenoxy) is 3. The Morgan fingerprint density at radius 1 is 1.04 bits per heavy atom. The van der Waals surface area contributed by atoms with Crippen molar-refractivity contribution in [2.45, 2.75) is 12.8 Å². The first-order valence-corrected chi connectivity index (χ1v) is 7.52. The van der Waals surface area contributed by atoms with Gasteiger partial charge in [0.25, 0.3) is 5.89 Å². The Kier molecular flexibility index (Phi) is 3.90. The fourth-order valence-corrected chi connectivity index (χ4v) is 2.37. The Balaban J connectivity index is 1.47. The summed E-state index contributed by atoms with van der Waals surface area (Å²) in [6.45, 7) is 0.145. The molecule has 1 aromatic heterocycles. The van der Waals surface area contributed by atoms with Crippen molar-refractivity contribution in [3.8, 4) is 28.7 Å². The lowest BCUT2D eigenvalue weighted by atomic mass is 10.1. The highest BCUT2D eigenvalue weighted by atomic mass is 19.4. The van der Waals surface area contributed by atoms with Crippen LogP contribution >= 0.6 is 0 Å². The predicted octanol–water partition coefficient (Wildman–Crippen LogP) is 4.06. The molecule has 2 heterocycles. The number of aromatic nitrogens is 2. The van der Waals surface area contributed by atoms with Crippen LogP contribution in [0.25, 0.3) is 11.5 Å². The minimum Gasteiger partial charge on any atom is -0.485 e. The van der Waals surface area contributed by atoms with Gasteiger partial charge in [0.05, 0.1) is 5.56 Å². The molecule has 0 radical (unpaired) electrons. The van der Waals surface area contributed by atoms with Gasteiger partial charge in [-0.3, -0.25) is 0 Å². The van der Waals surface area contributed by atoms with E-state index in [2.05, 4.69) is 10.1 Å². The average molecular weight is 364 g/mol. The van der Waals surface area contributed by atoms with E-state index in [-0.39, 0.29) is 30.7 Å². The van der Waals surface area contributed by atoms with Gasteiger partial charge in [-0.05, 0) is 30.3 Å². The molecular formula is C17H11F3N2O4. The smallest absolute Gasteiger partial charge is 0.416 e. The number of rotatable bonds is 4. The van der Waals surface area contributed by atoms with E-state index in [9.17, 15) is 13.2 Å². The monoisotopic (exact) mass is 364 g/mol. The zero-order valence-corrected chi connectivity index (χ0v) is 13.1. The molecular weight excluding hydrogens is 353 g/mol. The SMILES string of the molecule is FC(F)(F)c1cccc(-c2nc(COc3ccc4c(c3)OCO4)no2)c1. The van der Waals surface area contributed by atoms with Crippen molar-refractivity contribution in [3.05, 3.63) is 53.9 Å². The lowest BCUT2D eigenvalue weighted by Crippen LogP contribution is -2.04. The van der Waals surface area contributed by atoms with Crippen LogP contribution in [0.15, 0.2) is 47.0 Å². The summed E-state index contributed by atoms with van der Waals surface area (Å²) in [5.41, 5.74) is -0.604. The second kappa shape index (κ2) is 6.25. The van der Waals surface area contributed by atoms with Crippen LogP contribution in [0.3, 0.4) is 0 Å². The molecule has 1 aliphatic heterocycles. The number of fused-ring (bicyclic) bond motifs is 1. The minimum absolute atomic E-state index is 0.0118. The number of hydrogen-bond acceptors (Lipinski definition) is 6. The van der Waals surface area contributed by atoms with Crippen molar-refractivity contribution in [1.82, 2.24) is 10.1 Å². The molecule has 3 aromatic rings. The lowest BCUT2D eigenvalue weighted by molar-refractivity contribution is -0.137. The van der Waals surface area contributed by atoms with Gasteiger partial charge in [0.15, 0.2) is 18.1 Å². The Labute approximate surface area is 145 Å². The zero-order chi connectivity index (χ0) is 18.1. The van der Waals surface area contributed by atoms with Gasteiger partial charge < -0.3 is 18.7 Å². The molecule has 0 bridgehead atoms. The Morgan fingerprint density at radius 2 is 1.88 bits per heavy atom. The third kappa shape index (κ3) is 3.28. The molecule has 2 aromatic carbocycles. The van der Waals surface area contributed by atoms with Gasteiger partial charge in [0.1, 0.15) is 5.75 Å². The van der Waals surface area contributed by atoms with Gasteiger partial charge in [-0.2, -0.15) is 18.2 Å². The summed E-state index contributed by atoms with van der Waals surface area (Å²) in [4.78, 5) is 4.07. The topological polar surface area (TPSA) is 66.6 Å². The molecule has 0 atom stereocenters. The quantitative estimate of drug-likeness (QED) is 0.695. The van der Waals surface area contributed by atoms with Crippen LogP contribution in [0.4, 0.5) is 13.2 Å². The van der Waals surface area contributed by atoms with E-state index in [1.54, 1.807) is 18.2 Å². The standard InChI is InChI=1S/C17H11F3N2O4/c18-17(19,20)11-3-1-2-10(6-11)16-21-15(22-26-16)8-23-12-4-5-13-14(7-12)25-9-24-13/h1-7H,8-9H2. The molecule has 4 rings (SSSR count). The van der Waals surface area contributed by atoms with Crippen molar-refractivity contribution in [1.29, 1.82) is 0 Å². The van der Waals surface area contributed by atoms with Crippen LogP contribution in [0.1, 0.15) is 11.4 Å². The second-order valence-electron chi connectivity index (χ2n) is 5.40. The highest BCUT2D eigenvalue weighted by molar-refractivity contribution is 5.54. The highest BCUT2D eigenvalue weighted by Crippen LogP contribution is 2.35. The summed E-state index contributed by atoms with van der Waals surface area (Å²) < 4.78 is 59.4. The maximum atomic E-state index is 12.8. The first-order valence-electron chi connectivity index (χ1n) is 7.52. The molecule has 0 N–H and O–H groups in total. The maximum Gasteiger partial charge on any atom is 0.416 e. The van der Waals surface area contributed by atoms with Gasteiger partial charge in [-0.25, -0.2) is 0 Å². The van der Waals surface area contributed by atoms with E-state index >= 15 is 0 Å². The van der Waals surface area contributed by atoms with Crippen LogP contribution in [0.2, 0.25) is 0 Å². The van der Waals surface area contributed by atoms with E-state index in [1.165, 1.54) is 12.1 Å². The molecule has 9 heteroatoms. The van der Waals surface area contributed by atoms with Gasteiger partial charge in [-0.15, -0.1) is 0 Å². The number of alkyl halides is 3. The summed E-state index contributed by atoms with van der Waals surface area (Å²) in [5, 5.41) is 3.72. The first-order chi connectivity index (χ1) is 12.5. The van der Waals surface area contributed by atoms with Crippen LogP contribution in [0.5, 0.6) is 17.2 Å². The van der Waals surface area contributed by atoms with Gasteiger partial charge in [0.2, 0.25) is 12.6 Å². The Hall–Kier alpha value is -3.23. The zero-order valence-electron chi connectivity index (χ0n) is 13.1. The lowest BCUT2D eigenvalue weighted by Gasteiger charge is -2.06. The summed E-state index contributed by atoms with van der Waals surface area (Å²) in [6.07, 6.45) is -4.44. The third-order valence-corrected chi connectivity index (χ3v) is 3.62. The van der Waals surface area contributed by atoms with Crippen molar-refractivity contribution < 1.29 is 31.9 Å². The first kappa shape index (κ1) is 16.2. The number of halogens is 3. The van der Waals surface area contributed by atoms with Crippen LogP contribution in [-0.2, 0) is 12.8 Å².